The highest BCUT2D eigenvalue weighted by atomic mass is 79.9. The fraction of sp³-hybridized carbons (Fsp3) is 0.250. The van der Waals surface area contributed by atoms with Gasteiger partial charge in [-0.3, -0.25) is 0 Å². The summed E-state index contributed by atoms with van der Waals surface area (Å²) in [6.07, 6.45) is 2.40. The second-order valence-corrected chi connectivity index (χ2v) is 4.02. The Morgan fingerprint density at radius 1 is 1.59 bits per heavy atom. The fourth-order valence-electron chi connectivity index (χ4n) is 1.18. The van der Waals surface area contributed by atoms with Crippen molar-refractivity contribution in [3.63, 3.8) is 0 Å². The van der Waals surface area contributed by atoms with Gasteiger partial charge in [-0.2, -0.15) is 0 Å². The summed E-state index contributed by atoms with van der Waals surface area (Å²) in [6, 6.07) is 2.83. The van der Waals surface area contributed by atoms with E-state index in [-0.39, 0.29) is 11.3 Å². The molecule has 1 rings (SSSR count). The number of carbonyl (C=O) groups excluding carboxylic acids is 1. The van der Waals surface area contributed by atoms with Crippen LogP contribution < -0.4 is 4.74 Å². The normalized spacial score (nSPS) is 9.76. The van der Waals surface area contributed by atoms with Crippen LogP contribution in [0.2, 0.25) is 0 Å². The molecule has 0 saturated carbocycles. The molecule has 1 aromatic carbocycles. The van der Waals surface area contributed by atoms with E-state index in [4.69, 9.17) is 4.74 Å². The topological polar surface area (TPSA) is 55.8 Å². The van der Waals surface area contributed by atoms with Crippen LogP contribution in [0.15, 0.2) is 29.3 Å². The Balaban J connectivity index is 2.98. The van der Waals surface area contributed by atoms with E-state index in [1.165, 1.54) is 19.2 Å². The molecule has 0 radical (unpaired) electrons. The van der Waals surface area contributed by atoms with E-state index in [0.717, 1.165) is 0 Å². The van der Waals surface area contributed by atoms with Crippen LogP contribution in [-0.4, -0.2) is 24.8 Å². The minimum atomic E-state index is -0.527. The third kappa shape index (κ3) is 3.49. The zero-order chi connectivity index (χ0) is 12.8. The van der Waals surface area contributed by atoms with Gasteiger partial charge in [0, 0.05) is 0 Å². The molecule has 0 amide bonds. The highest BCUT2D eigenvalue weighted by Gasteiger charge is 2.14. The number of methoxy groups -OCH3 is 1. The number of hydrogen-bond donors (Lipinski definition) is 1. The first-order chi connectivity index (χ1) is 8.10. The molecular weight excluding hydrogens is 288 g/mol. The third-order valence-corrected chi connectivity index (χ3v) is 2.82. The van der Waals surface area contributed by atoms with Gasteiger partial charge >= 0.3 is 5.97 Å². The Hall–Kier alpha value is -1.49. The molecule has 0 spiro atoms. The second-order valence-electron chi connectivity index (χ2n) is 3.22. The number of hydrogen-bond acceptors (Lipinski definition) is 4. The molecule has 0 fully saturated rings. The van der Waals surface area contributed by atoms with E-state index in [9.17, 15) is 9.90 Å². The van der Waals surface area contributed by atoms with Gasteiger partial charge in [-0.25, -0.2) is 4.79 Å². The fourth-order valence-corrected chi connectivity index (χ4v) is 1.52. The van der Waals surface area contributed by atoms with Gasteiger partial charge in [-0.15, -0.1) is 6.58 Å². The van der Waals surface area contributed by atoms with Gasteiger partial charge in [0.1, 0.15) is 16.0 Å². The average Bonchev–Trinajstić information content (AvgIpc) is 2.33. The number of benzene rings is 1. The lowest BCUT2D eigenvalue weighted by Crippen LogP contribution is -2.03. The van der Waals surface area contributed by atoms with Crippen LogP contribution in [-0.2, 0) is 4.74 Å². The largest absolute Gasteiger partial charge is 0.507 e. The molecule has 0 unspecified atom stereocenters. The SMILES string of the molecule is C=CCCOc1cc(C(=O)OC)cc(O)c1Br. The predicted molar refractivity (Wildman–Crippen MR) is 67.5 cm³/mol. The number of rotatable bonds is 5. The molecule has 1 aromatic rings. The highest BCUT2D eigenvalue weighted by Crippen LogP contribution is 2.35. The Morgan fingerprint density at radius 2 is 2.29 bits per heavy atom. The zero-order valence-corrected chi connectivity index (χ0v) is 11.0. The summed E-state index contributed by atoms with van der Waals surface area (Å²) in [5.41, 5.74) is 0.238. The first-order valence-electron chi connectivity index (χ1n) is 4.94. The number of esters is 1. The van der Waals surface area contributed by atoms with Gasteiger partial charge < -0.3 is 14.6 Å². The minimum absolute atomic E-state index is 0.0681. The maximum Gasteiger partial charge on any atom is 0.338 e. The van der Waals surface area contributed by atoms with Gasteiger partial charge in [0.2, 0.25) is 0 Å². The summed E-state index contributed by atoms with van der Waals surface area (Å²) in [5.74, 6) is -0.199. The van der Waals surface area contributed by atoms with Crippen LogP contribution in [0, 0.1) is 0 Å². The number of ether oxygens (including phenoxy) is 2. The van der Waals surface area contributed by atoms with Gasteiger partial charge in [0.15, 0.2) is 0 Å². The molecule has 0 heterocycles. The lowest BCUT2D eigenvalue weighted by molar-refractivity contribution is 0.0599. The van der Waals surface area contributed by atoms with Crippen molar-refractivity contribution in [2.45, 2.75) is 6.42 Å². The molecule has 0 aliphatic carbocycles. The lowest BCUT2D eigenvalue weighted by atomic mass is 10.2. The number of aromatic hydroxyl groups is 1. The summed E-state index contributed by atoms with van der Waals surface area (Å²) in [6.45, 7) is 4.00. The molecule has 0 saturated heterocycles. The van der Waals surface area contributed by atoms with E-state index >= 15 is 0 Å². The zero-order valence-electron chi connectivity index (χ0n) is 9.40. The maximum atomic E-state index is 11.3. The van der Waals surface area contributed by atoms with E-state index in [1.54, 1.807) is 6.08 Å². The monoisotopic (exact) mass is 300 g/mol. The van der Waals surface area contributed by atoms with Crippen molar-refractivity contribution in [2.24, 2.45) is 0 Å². The molecule has 4 nitrogen and oxygen atoms in total. The maximum absolute atomic E-state index is 11.3. The Bertz CT molecular complexity index is 429. The quantitative estimate of drug-likeness (QED) is 0.516. The van der Waals surface area contributed by atoms with Gasteiger partial charge in [-0.1, -0.05) is 6.08 Å². The molecule has 0 aromatic heterocycles. The van der Waals surface area contributed by atoms with E-state index in [2.05, 4.69) is 27.2 Å². The van der Waals surface area contributed by atoms with Crippen molar-refractivity contribution >= 4 is 21.9 Å². The predicted octanol–water partition coefficient (Wildman–Crippen LogP) is 2.90. The Morgan fingerprint density at radius 3 is 2.88 bits per heavy atom. The lowest BCUT2D eigenvalue weighted by Gasteiger charge is -2.10. The van der Waals surface area contributed by atoms with E-state index in [0.29, 0.717) is 23.2 Å². The van der Waals surface area contributed by atoms with E-state index in [1.807, 2.05) is 0 Å². The number of halogens is 1. The van der Waals surface area contributed by atoms with Crippen LogP contribution in [0.4, 0.5) is 0 Å². The smallest absolute Gasteiger partial charge is 0.338 e. The molecule has 92 valence electrons. The second kappa shape index (κ2) is 6.30. The molecule has 1 N–H and O–H groups in total. The van der Waals surface area contributed by atoms with E-state index < -0.39 is 5.97 Å². The van der Waals surface area contributed by atoms with Crippen molar-refractivity contribution in [1.29, 1.82) is 0 Å². The average molecular weight is 301 g/mol. The summed E-state index contributed by atoms with van der Waals surface area (Å²) >= 11 is 3.18. The van der Waals surface area contributed by atoms with Crippen LogP contribution in [0.3, 0.4) is 0 Å². The number of phenols is 1. The molecule has 0 bridgehead atoms. The van der Waals surface area contributed by atoms with Gasteiger partial charge in [0.05, 0.1) is 19.3 Å². The minimum Gasteiger partial charge on any atom is -0.507 e. The van der Waals surface area contributed by atoms with Crippen LogP contribution in [0.5, 0.6) is 11.5 Å². The summed E-state index contributed by atoms with van der Waals surface area (Å²) in [5, 5.41) is 9.63. The van der Waals surface area contributed by atoms with Gasteiger partial charge in [0.25, 0.3) is 0 Å². The van der Waals surface area contributed by atoms with Crippen LogP contribution in [0.1, 0.15) is 16.8 Å². The van der Waals surface area contributed by atoms with Crippen molar-refractivity contribution < 1.29 is 19.4 Å². The first kappa shape index (κ1) is 13.6. The summed E-state index contributed by atoms with van der Waals surface area (Å²) < 4.78 is 10.4. The molecular formula is C12H13BrO4. The van der Waals surface area contributed by atoms with Crippen LogP contribution in [0.25, 0.3) is 0 Å². The standard InChI is InChI=1S/C12H13BrO4/c1-3-4-5-17-10-7-8(12(15)16-2)6-9(14)11(10)13/h3,6-7,14H,1,4-5H2,2H3. The van der Waals surface area contributed by atoms with Crippen molar-refractivity contribution in [2.75, 3.05) is 13.7 Å². The first-order valence-corrected chi connectivity index (χ1v) is 5.74. The number of phenolic OH excluding ortho intramolecular Hbond substituents is 1. The molecule has 0 aliphatic rings. The van der Waals surface area contributed by atoms with Crippen molar-refractivity contribution in [3.05, 3.63) is 34.8 Å². The molecule has 0 atom stereocenters. The van der Waals surface area contributed by atoms with Crippen LogP contribution >= 0.6 is 15.9 Å². The molecule has 5 heteroatoms. The third-order valence-electron chi connectivity index (χ3n) is 2.02. The molecule has 0 aliphatic heterocycles. The van der Waals surface area contributed by atoms with Gasteiger partial charge in [-0.05, 0) is 34.5 Å². The van der Waals surface area contributed by atoms with Crippen molar-refractivity contribution in [3.8, 4) is 11.5 Å². The van der Waals surface area contributed by atoms with Crippen molar-refractivity contribution in [1.82, 2.24) is 0 Å². The summed E-state index contributed by atoms with van der Waals surface area (Å²) in [7, 11) is 1.28. The Kier molecular flexibility index (Phi) is 5.03. The molecule has 17 heavy (non-hydrogen) atoms. The Labute approximate surface area is 108 Å². The highest BCUT2D eigenvalue weighted by molar-refractivity contribution is 9.10. The number of carbonyl (C=O) groups is 1. The summed E-state index contributed by atoms with van der Waals surface area (Å²) in [4.78, 5) is 11.3.